The van der Waals surface area contributed by atoms with Crippen molar-refractivity contribution in [2.45, 2.75) is 30.7 Å². The van der Waals surface area contributed by atoms with E-state index in [-0.39, 0.29) is 33.8 Å². The number of aromatic hydroxyl groups is 3. The second-order valence-corrected chi connectivity index (χ2v) is 7.11. The lowest BCUT2D eigenvalue weighted by Crippen LogP contribution is -2.58. The summed E-state index contributed by atoms with van der Waals surface area (Å²) in [7, 11) is 0. The van der Waals surface area contributed by atoms with E-state index in [2.05, 4.69) is 6.92 Å². The van der Waals surface area contributed by atoms with Gasteiger partial charge in [0.1, 0.15) is 46.5 Å². The number of fused-ring (bicyclic) bond motifs is 1. The van der Waals surface area contributed by atoms with Gasteiger partial charge in [-0.15, -0.1) is 0 Å². The van der Waals surface area contributed by atoms with Crippen molar-refractivity contribution in [2.24, 2.45) is 0 Å². The number of phenolic OH excluding ortho intramolecular Hbond substituents is 3. The minimum atomic E-state index is -1.73. The summed E-state index contributed by atoms with van der Waals surface area (Å²) in [6, 6.07) is 7.60. The molecule has 1 aromatic heterocycles. The van der Waals surface area contributed by atoms with Crippen LogP contribution < -0.4 is 10.2 Å². The van der Waals surface area contributed by atoms with E-state index < -0.39 is 47.6 Å². The molecule has 1 saturated heterocycles. The maximum atomic E-state index is 13.2. The molecule has 5 atom stereocenters. The van der Waals surface area contributed by atoms with E-state index >= 15 is 0 Å². The Labute approximate surface area is 174 Å². The van der Waals surface area contributed by atoms with Gasteiger partial charge in [-0.3, -0.25) is 4.79 Å². The monoisotopic (exact) mass is 431 g/mol. The Kier molecular flexibility index (Phi) is 5.23. The first-order valence-electron chi connectivity index (χ1n) is 9.19. The molecule has 31 heavy (non-hydrogen) atoms. The summed E-state index contributed by atoms with van der Waals surface area (Å²) >= 11 is 0. The molecule has 0 bridgehead atoms. The third-order valence-electron chi connectivity index (χ3n) is 4.95. The molecule has 1 fully saturated rings. The largest absolute Gasteiger partial charge is 0.508 e. The second-order valence-electron chi connectivity index (χ2n) is 7.11. The number of rotatable bonds is 3. The zero-order valence-corrected chi connectivity index (χ0v) is 15.9. The molecule has 0 saturated carbocycles. The highest BCUT2D eigenvalue weighted by Crippen LogP contribution is 2.37. The lowest BCUT2D eigenvalue weighted by Gasteiger charge is -2.38. The number of aliphatic hydroxyl groups excluding tert-OH is 3. The van der Waals surface area contributed by atoms with Crippen LogP contribution in [0, 0.1) is 6.92 Å². The molecule has 1 aliphatic rings. The Morgan fingerprint density at radius 2 is 1.58 bits per heavy atom. The van der Waals surface area contributed by atoms with Gasteiger partial charge in [0.05, 0.1) is 6.10 Å². The first-order chi connectivity index (χ1) is 14.7. The summed E-state index contributed by atoms with van der Waals surface area (Å²) in [5, 5.41) is 59.2. The molecule has 1 radical (unpaired) electrons. The van der Waals surface area contributed by atoms with Crippen molar-refractivity contribution in [1.82, 2.24) is 0 Å². The first kappa shape index (κ1) is 20.9. The predicted octanol–water partition coefficient (Wildman–Crippen LogP) is 0.597. The van der Waals surface area contributed by atoms with E-state index in [4.69, 9.17) is 13.9 Å². The van der Waals surface area contributed by atoms with Gasteiger partial charge in [0.25, 0.3) is 0 Å². The van der Waals surface area contributed by atoms with Crippen LogP contribution in [0.3, 0.4) is 0 Å². The number of benzene rings is 2. The van der Waals surface area contributed by atoms with Crippen LogP contribution in [0.1, 0.15) is 0 Å². The van der Waals surface area contributed by atoms with Crippen LogP contribution in [0.2, 0.25) is 0 Å². The average molecular weight is 431 g/mol. The van der Waals surface area contributed by atoms with Gasteiger partial charge >= 0.3 is 0 Å². The Morgan fingerprint density at radius 1 is 0.903 bits per heavy atom. The SMILES string of the molecule is [CH2][C@H]1OC(Oc2c(-c3ccc(O)cc3)oc3cc(O)cc(O)c3c2=O)C(O)C(O)C1O. The van der Waals surface area contributed by atoms with Crippen LogP contribution in [-0.2, 0) is 4.74 Å². The van der Waals surface area contributed by atoms with E-state index in [1.807, 2.05) is 0 Å². The molecule has 10 heteroatoms. The number of hydrogen-bond acceptors (Lipinski definition) is 10. The molecule has 2 aromatic carbocycles. The lowest BCUT2D eigenvalue weighted by molar-refractivity contribution is -0.262. The molecule has 0 amide bonds. The molecule has 0 aliphatic carbocycles. The molecule has 2 heterocycles. The Balaban J connectivity index is 1.90. The topological polar surface area (TPSA) is 170 Å². The number of phenols is 3. The molecule has 3 aromatic rings. The summed E-state index contributed by atoms with van der Waals surface area (Å²) in [5.74, 6) is -1.59. The summed E-state index contributed by atoms with van der Waals surface area (Å²) in [6.45, 7) is 3.52. The lowest BCUT2D eigenvalue weighted by atomic mass is 10.00. The maximum absolute atomic E-state index is 13.2. The third kappa shape index (κ3) is 3.66. The second kappa shape index (κ2) is 7.75. The molecule has 4 rings (SSSR count). The standard InChI is InChI=1S/C21H19O10/c1-8-15(25)17(27)18(28)21(29-8)31-20-16(26)14-12(24)6-11(23)7-13(14)30-19(20)9-2-4-10(22)5-3-9/h2-8,15,17-18,21-25,27-28H,1H2/t8-,15?,17?,18?,21?/m1/s1. The van der Waals surface area contributed by atoms with E-state index in [1.165, 1.54) is 24.3 Å². The van der Waals surface area contributed by atoms with E-state index in [0.717, 1.165) is 12.1 Å². The Hall–Kier alpha value is -3.31. The fourth-order valence-corrected chi connectivity index (χ4v) is 3.31. The summed E-state index contributed by atoms with van der Waals surface area (Å²) < 4.78 is 16.6. The van der Waals surface area contributed by atoms with Crippen LogP contribution in [0.5, 0.6) is 23.0 Å². The quantitative estimate of drug-likeness (QED) is 0.345. The zero-order valence-electron chi connectivity index (χ0n) is 15.9. The highest BCUT2D eigenvalue weighted by atomic mass is 16.7. The van der Waals surface area contributed by atoms with Gasteiger partial charge in [-0.25, -0.2) is 0 Å². The molecule has 4 unspecified atom stereocenters. The van der Waals surface area contributed by atoms with Crippen molar-refractivity contribution in [3.63, 3.8) is 0 Å². The molecule has 1 aliphatic heterocycles. The average Bonchev–Trinajstić information content (AvgIpc) is 2.72. The van der Waals surface area contributed by atoms with Crippen LogP contribution in [-0.4, -0.2) is 61.3 Å². The van der Waals surface area contributed by atoms with E-state index in [9.17, 15) is 35.4 Å². The highest BCUT2D eigenvalue weighted by molar-refractivity contribution is 5.88. The normalized spacial score (nSPS) is 26.1. The molecule has 10 nitrogen and oxygen atoms in total. The van der Waals surface area contributed by atoms with Crippen molar-refractivity contribution < 1.29 is 44.5 Å². The van der Waals surface area contributed by atoms with Crippen molar-refractivity contribution in [3.05, 3.63) is 53.5 Å². The van der Waals surface area contributed by atoms with Crippen molar-refractivity contribution in [3.8, 4) is 34.3 Å². The first-order valence-corrected chi connectivity index (χ1v) is 9.19. The molecular weight excluding hydrogens is 412 g/mol. The number of aliphatic hydroxyl groups is 3. The van der Waals surface area contributed by atoms with Crippen LogP contribution in [0.25, 0.3) is 22.3 Å². The maximum Gasteiger partial charge on any atom is 0.239 e. The van der Waals surface area contributed by atoms with Gasteiger partial charge in [-0.05, 0) is 31.2 Å². The minimum absolute atomic E-state index is 0.0484. The van der Waals surface area contributed by atoms with Crippen LogP contribution in [0.15, 0.2) is 45.6 Å². The summed E-state index contributed by atoms with van der Waals surface area (Å²) in [6.07, 6.45) is -7.64. The van der Waals surface area contributed by atoms with Gasteiger partial charge in [0.15, 0.2) is 5.76 Å². The molecule has 0 spiro atoms. The zero-order chi connectivity index (χ0) is 22.4. The van der Waals surface area contributed by atoms with Crippen LogP contribution in [0.4, 0.5) is 0 Å². The van der Waals surface area contributed by atoms with Gasteiger partial charge in [0, 0.05) is 17.7 Å². The number of hydrogen-bond donors (Lipinski definition) is 6. The van der Waals surface area contributed by atoms with Gasteiger partial charge < -0.3 is 44.5 Å². The Morgan fingerprint density at radius 3 is 2.26 bits per heavy atom. The van der Waals surface area contributed by atoms with Crippen molar-refractivity contribution in [2.75, 3.05) is 0 Å². The predicted molar refractivity (Wildman–Crippen MR) is 106 cm³/mol. The van der Waals surface area contributed by atoms with E-state index in [0.29, 0.717) is 0 Å². The number of ether oxygens (including phenoxy) is 2. The smallest absolute Gasteiger partial charge is 0.239 e. The minimum Gasteiger partial charge on any atom is -0.508 e. The van der Waals surface area contributed by atoms with E-state index in [1.54, 1.807) is 0 Å². The third-order valence-corrected chi connectivity index (χ3v) is 4.95. The summed E-state index contributed by atoms with van der Waals surface area (Å²) in [4.78, 5) is 13.2. The van der Waals surface area contributed by atoms with Gasteiger partial charge in [-0.2, -0.15) is 0 Å². The van der Waals surface area contributed by atoms with Gasteiger partial charge in [-0.1, -0.05) is 0 Å². The molecule has 163 valence electrons. The highest BCUT2D eigenvalue weighted by Gasteiger charge is 2.44. The van der Waals surface area contributed by atoms with Gasteiger partial charge in [0.2, 0.25) is 17.5 Å². The fourth-order valence-electron chi connectivity index (χ4n) is 3.31. The summed E-state index contributed by atoms with van der Waals surface area (Å²) in [5.41, 5.74) is -0.709. The van der Waals surface area contributed by atoms with Crippen LogP contribution >= 0.6 is 0 Å². The van der Waals surface area contributed by atoms with Crippen molar-refractivity contribution in [1.29, 1.82) is 0 Å². The molecule has 6 N–H and O–H groups in total. The Bertz CT molecular complexity index is 1170. The van der Waals surface area contributed by atoms with Crippen molar-refractivity contribution >= 4 is 11.0 Å². The molecular formula is C21H19O10. The fraction of sp³-hybridized carbons (Fsp3) is 0.238.